The van der Waals surface area contributed by atoms with Crippen LogP contribution in [0.15, 0.2) is 0 Å². The highest BCUT2D eigenvalue weighted by atomic mass is 35.5. The van der Waals surface area contributed by atoms with Gasteiger partial charge >= 0.3 is 0 Å². The van der Waals surface area contributed by atoms with E-state index in [-0.39, 0.29) is 16.7 Å². The Balaban J connectivity index is 3.87. The van der Waals surface area contributed by atoms with Gasteiger partial charge in [-0.3, -0.25) is 4.79 Å². The van der Waals surface area contributed by atoms with Gasteiger partial charge in [0.25, 0.3) is 0 Å². The van der Waals surface area contributed by atoms with Crippen molar-refractivity contribution in [2.45, 2.75) is 41.0 Å². The van der Waals surface area contributed by atoms with E-state index in [0.29, 0.717) is 18.8 Å². The zero-order valence-electron chi connectivity index (χ0n) is 9.91. The smallest absolute Gasteiger partial charge is 0.220 e. The minimum Gasteiger partial charge on any atom is -0.356 e. The van der Waals surface area contributed by atoms with E-state index in [4.69, 9.17) is 11.6 Å². The number of carbonyl (C=O) groups is 1. The fraction of sp³-hybridized carbons (Fsp3) is 0.909. The van der Waals surface area contributed by atoms with Crippen LogP contribution < -0.4 is 5.32 Å². The third-order valence-corrected chi connectivity index (χ3v) is 2.54. The number of alkyl halides is 1. The molecule has 0 aromatic heterocycles. The summed E-state index contributed by atoms with van der Waals surface area (Å²) in [5, 5.41) is 2.91. The average molecular weight is 220 g/mol. The molecule has 0 saturated carbocycles. The summed E-state index contributed by atoms with van der Waals surface area (Å²) in [7, 11) is 0. The molecule has 1 N–H and O–H groups in total. The second kappa shape index (κ2) is 5.01. The fourth-order valence-corrected chi connectivity index (χ4v) is 1.02. The summed E-state index contributed by atoms with van der Waals surface area (Å²) in [5.41, 5.74) is 0.0320. The van der Waals surface area contributed by atoms with Crippen LogP contribution in [-0.2, 0) is 4.79 Å². The van der Waals surface area contributed by atoms with Crippen molar-refractivity contribution in [1.82, 2.24) is 5.32 Å². The Bertz CT molecular complexity index is 194. The SMILES string of the molecule is CC(C)(C)CC(=O)NCC(C)(C)CCl. The van der Waals surface area contributed by atoms with Gasteiger partial charge in [0.05, 0.1) is 0 Å². The van der Waals surface area contributed by atoms with Crippen LogP contribution in [0.3, 0.4) is 0 Å². The second-order valence-electron chi connectivity index (χ2n) is 5.81. The van der Waals surface area contributed by atoms with Crippen LogP contribution in [0.25, 0.3) is 0 Å². The Hall–Kier alpha value is -0.240. The first kappa shape index (κ1) is 13.8. The number of nitrogens with one attached hydrogen (secondary N) is 1. The maximum Gasteiger partial charge on any atom is 0.220 e. The Morgan fingerprint density at radius 2 is 1.71 bits per heavy atom. The van der Waals surface area contributed by atoms with Crippen molar-refractivity contribution < 1.29 is 4.79 Å². The Morgan fingerprint density at radius 3 is 2.07 bits per heavy atom. The minimum atomic E-state index is -0.0188. The van der Waals surface area contributed by atoms with Crippen LogP contribution in [0, 0.1) is 10.8 Å². The van der Waals surface area contributed by atoms with Crippen LogP contribution in [0.4, 0.5) is 0 Å². The van der Waals surface area contributed by atoms with Gasteiger partial charge in [-0.2, -0.15) is 0 Å². The lowest BCUT2D eigenvalue weighted by Crippen LogP contribution is -2.36. The van der Waals surface area contributed by atoms with Crippen molar-refractivity contribution in [3.8, 4) is 0 Å². The summed E-state index contributed by atoms with van der Waals surface area (Å²) >= 11 is 5.76. The molecule has 14 heavy (non-hydrogen) atoms. The summed E-state index contributed by atoms with van der Waals surface area (Å²) in [6.07, 6.45) is 0.561. The van der Waals surface area contributed by atoms with Crippen LogP contribution in [-0.4, -0.2) is 18.3 Å². The number of hydrogen-bond donors (Lipinski definition) is 1. The van der Waals surface area contributed by atoms with Gasteiger partial charge in [-0.1, -0.05) is 34.6 Å². The van der Waals surface area contributed by atoms with Crippen molar-refractivity contribution in [3.05, 3.63) is 0 Å². The molecule has 1 amide bonds. The molecular weight excluding hydrogens is 198 g/mol. The zero-order chi connectivity index (χ0) is 11.4. The number of halogens is 1. The van der Waals surface area contributed by atoms with E-state index in [2.05, 4.69) is 26.1 Å². The Labute approximate surface area is 92.4 Å². The molecule has 0 aromatic carbocycles. The first-order valence-electron chi connectivity index (χ1n) is 4.99. The Kier molecular flexibility index (Phi) is 4.93. The quantitative estimate of drug-likeness (QED) is 0.724. The van der Waals surface area contributed by atoms with E-state index in [1.54, 1.807) is 0 Å². The lowest BCUT2D eigenvalue weighted by Gasteiger charge is -2.23. The van der Waals surface area contributed by atoms with Crippen LogP contribution in [0.1, 0.15) is 41.0 Å². The van der Waals surface area contributed by atoms with Gasteiger partial charge in [-0.05, 0) is 10.8 Å². The predicted octanol–water partition coefficient (Wildman–Crippen LogP) is 2.80. The van der Waals surface area contributed by atoms with Crippen molar-refractivity contribution >= 4 is 17.5 Å². The standard InChI is InChI=1S/C11H22ClNO/c1-10(2,3)6-9(14)13-8-11(4,5)7-12/h6-8H2,1-5H3,(H,13,14). The first-order chi connectivity index (χ1) is 6.16. The molecular formula is C11H22ClNO. The molecule has 0 bridgehead atoms. The van der Waals surface area contributed by atoms with Gasteiger partial charge in [0.15, 0.2) is 0 Å². The van der Waals surface area contributed by atoms with E-state index in [9.17, 15) is 4.79 Å². The van der Waals surface area contributed by atoms with E-state index < -0.39 is 0 Å². The maximum absolute atomic E-state index is 11.5. The molecule has 0 aliphatic carbocycles. The van der Waals surface area contributed by atoms with Crippen LogP contribution >= 0.6 is 11.6 Å². The maximum atomic E-state index is 11.5. The highest BCUT2D eigenvalue weighted by Crippen LogP contribution is 2.19. The van der Waals surface area contributed by atoms with Crippen molar-refractivity contribution in [1.29, 1.82) is 0 Å². The highest BCUT2D eigenvalue weighted by molar-refractivity contribution is 6.18. The summed E-state index contributed by atoms with van der Waals surface area (Å²) in [5.74, 6) is 0.665. The molecule has 2 nitrogen and oxygen atoms in total. The molecule has 0 radical (unpaired) electrons. The molecule has 0 aromatic rings. The van der Waals surface area contributed by atoms with Crippen molar-refractivity contribution in [2.75, 3.05) is 12.4 Å². The number of rotatable bonds is 4. The van der Waals surface area contributed by atoms with E-state index >= 15 is 0 Å². The number of carbonyl (C=O) groups excluding carboxylic acids is 1. The molecule has 0 spiro atoms. The number of hydrogen-bond acceptors (Lipinski definition) is 1. The van der Waals surface area contributed by atoms with Gasteiger partial charge in [0.2, 0.25) is 5.91 Å². The lowest BCUT2D eigenvalue weighted by molar-refractivity contribution is -0.123. The molecule has 0 atom stereocenters. The highest BCUT2D eigenvalue weighted by Gasteiger charge is 2.20. The minimum absolute atomic E-state index is 0.0188. The summed E-state index contributed by atoms with van der Waals surface area (Å²) in [6.45, 7) is 10.9. The van der Waals surface area contributed by atoms with Crippen LogP contribution in [0.2, 0.25) is 0 Å². The van der Waals surface area contributed by atoms with E-state index in [1.807, 2.05) is 13.8 Å². The third kappa shape index (κ3) is 7.19. The Morgan fingerprint density at radius 1 is 1.21 bits per heavy atom. The lowest BCUT2D eigenvalue weighted by atomic mass is 9.91. The third-order valence-electron chi connectivity index (χ3n) is 1.82. The first-order valence-corrected chi connectivity index (χ1v) is 5.52. The largest absolute Gasteiger partial charge is 0.356 e. The molecule has 0 aliphatic rings. The monoisotopic (exact) mass is 219 g/mol. The summed E-state index contributed by atoms with van der Waals surface area (Å²) in [4.78, 5) is 11.5. The van der Waals surface area contributed by atoms with Gasteiger partial charge in [-0.15, -0.1) is 11.6 Å². The summed E-state index contributed by atoms with van der Waals surface area (Å²) < 4.78 is 0. The average Bonchev–Trinajstić information content (AvgIpc) is 1.98. The molecule has 0 saturated heterocycles. The molecule has 84 valence electrons. The molecule has 0 rings (SSSR count). The second-order valence-corrected chi connectivity index (χ2v) is 6.08. The van der Waals surface area contributed by atoms with Gasteiger partial charge in [-0.25, -0.2) is 0 Å². The van der Waals surface area contributed by atoms with Crippen LogP contribution in [0.5, 0.6) is 0 Å². The fourth-order valence-electron chi connectivity index (χ4n) is 0.929. The molecule has 0 fully saturated rings. The van der Waals surface area contributed by atoms with Gasteiger partial charge in [0.1, 0.15) is 0 Å². The van der Waals surface area contributed by atoms with E-state index in [0.717, 1.165) is 0 Å². The molecule has 0 unspecified atom stereocenters. The van der Waals surface area contributed by atoms with E-state index in [1.165, 1.54) is 0 Å². The van der Waals surface area contributed by atoms with Gasteiger partial charge in [0, 0.05) is 18.8 Å². The van der Waals surface area contributed by atoms with Gasteiger partial charge < -0.3 is 5.32 Å². The predicted molar refractivity (Wildman–Crippen MR) is 61.6 cm³/mol. The van der Waals surface area contributed by atoms with Crippen molar-refractivity contribution in [3.63, 3.8) is 0 Å². The zero-order valence-corrected chi connectivity index (χ0v) is 10.7. The normalized spacial score (nSPS) is 12.7. The molecule has 0 heterocycles. The molecule has 3 heteroatoms. The summed E-state index contributed by atoms with van der Waals surface area (Å²) in [6, 6.07) is 0. The molecule has 0 aliphatic heterocycles. The van der Waals surface area contributed by atoms with Crippen molar-refractivity contribution in [2.24, 2.45) is 10.8 Å². The topological polar surface area (TPSA) is 29.1 Å². The number of amides is 1.